The lowest BCUT2D eigenvalue weighted by Crippen LogP contribution is -2.25. The van der Waals surface area contributed by atoms with Crippen LogP contribution >= 0.6 is 0 Å². The number of anilines is 2. The van der Waals surface area contributed by atoms with Crippen LogP contribution < -0.4 is 10.2 Å². The number of fused-ring (bicyclic) bond motifs is 3. The molecule has 0 aromatic carbocycles. The summed E-state index contributed by atoms with van der Waals surface area (Å²) in [5.74, 6) is 0.345. The summed E-state index contributed by atoms with van der Waals surface area (Å²) in [6.07, 6.45) is 3.38. The fraction of sp³-hybridized carbons (Fsp3) is 0.429. The number of nitrogens with one attached hydrogen (secondary N) is 1. The zero-order valence-electron chi connectivity index (χ0n) is 13.8. The monoisotopic (exact) mass is 286 g/mol. The summed E-state index contributed by atoms with van der Waals surface area (Å²) in [5, 5.41) is 11.3. The minimum absolute atomic E-state index is 0.0467. The predicted molar refractivity (Wildman–Crippen MR) is 77.7 cm³/mol. The standard InChI is InChI=1S/C14H16N6O/c1-19-7-10-11(18-20(2)17-10)9-5-6-15-13(12(9)19)16-14(21)8-3-4-8/h5-6,8H,3-4,7H2,1-2H3,(H,15,16,21)/i7D2. The number of aryl methyl sites for hydroxylation is 1. The molecule has 1 saturated carbocycles. The summed E-state index contributed by atoms with van der Waals surface area (Å²) in [5.41, 5.74) is 1.99. The molecule has 0 spiro atoms. The van der Waals surface area contributed by atoms with E-state index in [-0.39, 0.29) is 17.5 Å². The highest BCUT2D eigenvalue weighted by atomic mass is 16.2. The van der Waals surface area contributed by atoms with E-state index in [1.54, 1.807) is 26.4 Å². The van der Waals surface area contributed by atoms with Crippen LogP contribution in [0.1, 0.15) is 21.3 Å². The molecule has 1 fully saturated rings. The maximum Gasteiger partial charge on any atom is 0.228 e. The van der Waals surface area contributed by atoms with Crippen LogP contribution in [-0.2, 0) is 18.3 Å². The van der Waals surface area contributed by atoms with E-state index in [0.29, 0.717) is 22.8 Å². The van der Waals surface area contributed by atoms with Gasteiger partial charge < -0.3 is 10.2 Å². The summed E-state index contributed by atoms with van der Waals surface area (Å²) < 4.78 is 16.7. The van der Waals surface area contributed by atoms with Gasteiger partial charge >= 0.3 is 0 Å². The molecule has 7 heteroatoms. The van der Waals surface area contributed by atoms with Gasteiger partial charge in [-0.15, -0.1) is 0 Å². The van der Waals surface area contributed by atoms with Crippen molar-refractivity contribution in [1.82, 2.24) is 20.0 Å². The summed E-state index contributed by atoms with van der Waals surface area (Å²) >= 11 is 0. The molecule has 0 bridgehead atoms. The van der Waals surface area contributed by atoms with Gasteiger partial charge in [0, 0.05) is 31.8 Å². The molecule has 108 valence electrons. The highest BCUT2D eigenvalue weighted by Crippen LogP contribution is 2.41. The van der Waals surface area contributed by atoms with Gasteiger partial charge in [0.2, 0.25) is 5.91 Å². The molecule has 21 heavy (non-hydrogen) atoms. The summed E-state index contributed by atoms with van der Waals surface area (Å²) in [4.78, 5) is 19.1. The second-order valence-electron chi connectivity index (χ2n) is 5.38. The maximum absolute atomic E-state index is 12.1. The number of nitrogens with zero attached hydrogens (tertiary/aromatic N) is 5. The Morgan fingerprint density at radius 1 is 1.43 bits per heavy atom. The van der Waals surface area contributed by atoms with E-state index in [1.165, 1.54) is 9.70 Å². The van der Waals surface area contributed by atoms with Crippen LogP contribution in [0.4, 0.5) is 11.5 Å². The van der Waals surface area contributed by atoms with Crippen molar-refractivity contribution in [2.45, 2.75) is 19.3 Å². The topological polar surface area (TPSA) is 75.9 Å². The number of amides is 1. The molecule has 3 heterocycles. The van der Waals surface area contributed by atoms with E-state index in [1.807, 2.05) is 0 Å². The molecule has 0 saturated heterocycles. The van der Waals surface area contributed by atoms with Crippen molar-refractivity contribution in [2.24, 2.45) is 13.0 Å². The number of pyridine rings is 1. The fourth-order valence-electron chi connectivity index (χ4n) is 2.52. The molecule has 0 atom stereocenters. The summed E-state index contributed by atoms with van der Waals surface area (Å²) in [6.45, 7) is -1.83. The summed E-state index contributed by atoms with van der Waals surface area (Å²) in [6, 6.07) is 1.77. The second-order valence-corrected chi connectivity index (χ2v) is 5.38. The van der Waals surface area contributed by atoms with Crippen molar-refractivity contribution < 1.29 is 7.54 Å². The van der Waals surface area contributed by atoms with Gasteiger partial charge in [-0.2, -0.15) is 15.0 Å². The van der Waals surface area contributed by atoms with Crippen LogP contribution in [-0.4, -0.2) is 32.9 Å². The molecule has 1 aliphatic carbocycles. The average Bonchev–Trinajstić information content (AvgIpc) is 3.27. The number of aromatic nitrogens is 4. The van der Waals surface area contributed by atoms with Crippen LogP contribution in [0.15, 0.2) is 12.3 Å². The van der Waals surface area contributed by atoms with Gasteiger partial charge in [0.1, 0.15) is 11.4 Å². The van der Waals surface area contributed by atoms with Crippen LogP contribution in [0.2, 0.25) is 0 Å². The molecule has 1 amide bonds. The number of hydrogen-bond donors (Lipinski definition) is 1. The third-order valence-electron chi connectivity index (χ3n) is 3.69. The normalized spacial score (nSPS) is 20.2. The Labute approximate surface area is 124 Å². The first-order valence-corrected chi connectivity index (χ1v) is 6.85. The smallest absolute Gasteiger partial charge is 0.228 e. The molecule has 1 aliphatic heterocycles. The predicted octanol–water partition coefficient (Wildman–Crippen LogP) is 1.18. The van der Waals surface area contributed by atoms with Gasteiger partial charge in [0.05, 0.1) is 14.9 Å². The van der Waals surface area contributed by atoms with E-state index in [4.69, 9.17) is 2.74 Å². The van der Waals surface area contributed by atoms with Crippen LogP contribution in [0.3, 0.4) is 0 Å². The Morgan fingerprint density at radius 3 is 3.00 bits per heavy atom. The second kappa shape index (κ2) is 4.28. The molecular formula is C14H16N6O. The third-order valence-corrected chi connectivity index (χ3v) is 3.69. The first kappa shape index (κ1) is 10.3. The molecule has 4 rings (SSSR count). The van der Waals surface area contributed by atoms with Gasteiger partial charge in [0.25, 0.3) is 0 Å². The third kappa shape index (κ3) is 1.96. The highest BCUT2D eigenvalue weighted by Gasteiger charge is 2.32. The Bertz CT molecular complexity index is 814. The number of carbonyl (C=O) groups excluding carboxylic acids is 1. The van der Waals surface area contributed by atoms with Gasteiger partial charge in [-0.25, -0.2) is 4.98 Å². The first-order valence-electron chi connectivity index (χ1n) is 7.85. The SMILES string of the molecule is [2H]C1([2H])c2nn(C)nc2-c2ccnc(NC(=O)C3CC3)c2N1C. The van der Waals surface area contributed by atoms with Crippen molar-refractivity contribution >= 4 is 17.4 Å². The van der Waals surface area contributed by atoms with Crippen molar-refractivity contribution in [2.75, 3.05) is 17.3 Å². The molecule has 7 nitrogen and oxygen atoms in total. The van der Waals surface area contributed by atoms with E-state index in [9.17, 15) is 4.79 Å². The lowest BCUT2D eigenvalue weighted by molar-refractivity contribution is -0.117. The first-order chi connectivity index (χ1) is 10.9. The molecule has 0 unspecified atom stereocenters. The molecular weight excluding hydrogens is 268 g/mol. The fourth-order valence-corrected chi connectivity index (χ4v) is 2.52. The van der Waals surface area contributed by atoms with E-state index in [2.05, 4.69) is 20.5 Å². The van der Waals surface area contributed by atoms with E-state index < -0.39 is 6.50 Å². The highest BCUT2D eigenvalue weighted by molar-refractivity contribution is 5.99. The number of rotatable bonds is 2. The van der Waals surface area contributed by atoms with Gasteiger partial charge in [-0.1, -0.05) is 0 Å². The van der Waals surface area contributed by atoms with E-state index >= 15 is 0 Å². The Balaban J connectivity index is 1.88. The Morgan fingerprint density at radius 2 is 2.24 bits per heavy atom. The lowest BCUT2D eigenvalue weighted by atomic mass is 10.0. The molecule has 2 aliphatic rings. The zero-order chi connectivity index (χ0) is 16.4. The van der Waals surface area contributed by atoms with Crippen molar-refractivity contribution in [1.29, 1.82) is 0 Å². The molecule has 2 aromatic rings. The molecule has 2 aromatic heterocycles. The van der Waals surface area contributed by atoms with Crippen molar-refractivity contribution in [3.8, 4) is 11.3 Å². The lowest BCUT2D eigenvalue weighted by Gasteiger charge is -2.27. The largest absolute Gasteiger partial charge is 0.365 e. The number of hydrogen-bond acceptors (Lipinski definition) is 5. The van der Waals surface area contributed by atoms with Crippen molar-refractivity contribution in [3.05, 3.63) is 18.0 Å². The van der Waals surface area contributed by atoms with Gasteiger partial charge in [0.15, 0.2) is 5.82 Å². The number of carbonyl (C=O) groups is 1. The van der Waals surface area contributed by atoms with Crippen molar-refractivity contribution in [3.63, 3.8) is 0 Å². The minimum atomic E-state index is -1.83. The quantitative estimate of drug-likeness (QED) is 0.897. The average molecular weight is 286 g/mol. The molecule has 1 N–H and O–H groups in total. The van der Waals surface area contributed by atoms with Gasteiger partial charge in [-0.3, -0.25) is 4.79 Å². The Hall–Kier alpha value is -2.44. The van der Waals surface area contributed by atoms with Gasteiger partial charge in [-0.05, 0) is 18.9 Å². The van der Waals surface area contributed by atoms with E-state index in [0.717, 1.165) is 12.8 Å². The van der Waals surface area contributed by atoms with Crippen LogP contribution in [0, 0.1) is 5.92 Å². The summed E-state index contributed by atoms with van der Waals surface area (Å²) in [7, 11) is 3.29. The minimum Gasteiger partial charge on any atom is -0.365 e. The maximum atomic E-state index is 12.1. The Kier molecular flexibility index (Phi) is 2.10. The van der Waals surface area contributed by atoms with Crippen LogP contribution in [0.25, 0.3) is 11.3 Å². The van der Waals surface area contributed by atoms with Crippen LogP contribution in [0.5, 0.6) is 0 Å². The molecule has 0 radical (unpaired) electrons. The zero-order valence-corrected chi connectivity index (χ0v) is 11.8.